The Morgan fingerprint density at radius 3 is 2.67 bits per heavy atom. The van der Waals surface area contributed by atoms with E-state index in [0.29, 0.717) is 25.8 Å². The number of amides is 2. The molecule has 2 N–H and O–H groups in total. The van der Waals surface area contributed by atoms with Gasteiger partial charge in [0, 0.05) is 49.0 Å². The lowest BCUT2D eigenvalue weighted by Crippen LogP contribution is -2.46. The minimum Gasteiger partial charge on any atom is -0.377 e. The molecule has 0 spiro atoms. The number of carbonyl (C=O) groups is 1. The van der Waals surface area contributed by atoms with Crippen molar-refractivity contribution in [2.45, 2.75) is 64.8 Å². The minimum absolute atomic E-state index is 0.0695. The molecule has 4 heterocycles. The number of nitrogens with one attached hydrogen (secondary N) is 2. The van der Waals surface area contributed by atoms with E-state index < -0.39 is 0 Å². The first kappa shape index (κ1) is 24.9. The maximum absolute atomic E-state index is 11.9. The lowest BCUT2D eigenvalue weighted by atomic mass is 9.98. The average Bonchev–Trinajstić information content (AvgIpc) is 3.23. The van der Waals surface area contributed by atoms with Gasteiger partial charge in [0.25, 0.3) is 0 Å². The fourth-order valence-corrected chi connectivity index (χ4v) is 5.43. The molecule has 2 saturated heterocycles. The SMILES string of the molecule is CCNC(=O)Nc1ccc(-c2nc3c(c(N4CCOC[C@@H]4C)n2)CCN(C2COC(C)(C)C2)C3)cc1. The summed E-state index contributed by atoms with van der Waals surface area (Å²) < 4.78 is 11.8. The molecule has 194 valence electrons. The van der Waals surface area contributed by atoms with Gasteiger partial charge >= 0.3 is 6.03 Å². The molecule has 2 fully saturated rings. The van der Waals surface area contributed by atoms with Crippen LogP contribution in [0, 0.1) is 0 Å². The molecule has 2 aromatic rings. The first-order valence-electron chi connectivity index (χ1n) is 13.1. The summed E-state index contributed by atoms with van der Waals surface area (Å²) in [6.07, 6.45) is 1.97. The number of aromatic nitrogens is 2. The predicted molar refractivity (Wildman–Crippen MR) is 140 cm³/mol. The van der Waals surface area contributed by atoms with Crippen molar-refractivity contribution in [2.24, 2.45) is 0 Å². The van der Waals surface area contributed by atoms with E-state index in [1.165, 1.54) is 5.56 Å². The second kappa shape index (κ2) is 10.3. The molecule has 0 aliphatic carbocycles. The lowest BCUT2D eigenvalue weighted by molar-refractivity contribution is 0.0323. The third-order valence-corrected chi connectivity index (χ3v) is 7.36. The highest BCUT2D eigenvalue weighted by Crippen LogP contribution is 2.35. The average molecular weight is 495 g/mol. The second-order valence-corrected chi connectivity index (χ2v) is 10.6. The Balaban J connectivity index is 1.46. The summed E-state index contributed by atoms with van der Waals surface area (Å²) in [4.78, 5) is 27.0. The van der Waals surface area contributed by atoms with E-state index in [1.807, 2.05) is 31.2 Å². The minimum atomic E-state index is -0.210. The molecular formula is C27H38N6O3. The number of rotatable bonds is 5. The zero-order valence-electron chi connectivity index (χ0n) is 21.8. The number of morpholine rings is 1. The van der Waals surface area contributed by atoms with Crippen LogP contribution in [0.3, 0.4) is 0 Å². The van der Waals surface area contributed by atoms with Gasteiger partial charge in [0.1, 0.15) is 5.82 Å². The Labute approximate surface area is 213 Å². The van der Waals surface area contributed by atoms with Gasteiger partial charge in [-0.25, -0.2) is 14.8 Å². The van der Waals surface area contributed by atoms with Crippen molar-refractivity contribution in [2.75, 3.05) is 49.7 Å². The van der Waals surface area contributed by atoms with Crippen LogP contribution < -0.4 is 15.5 Å². The number of fused-ring (bicyclic) bond motifs is 1. The highest BCUT2D eigenvalue weighted by Gasteiger charge is 2.38. The highest BCUT2D eigenvalue weighted by molar-refractivity contribution is 5.89. The van der Waals surface area contributed by atoms with E-state index in [1.54, 1.807) is 0 Å². The van der Waals surface area contributed by atoms with Crippen LogP contribution in [0.2, 0.25) is 0 Å². The van der Waals surface area contributed by atoms with Crippen LogP contribution in [-0.4, -0.2) is 78.0 Å². The largest absolute Gasteiger partial charge is 0.377 e. The van der Waals surface area contributed by atoms with Crippen LogP contribution in [0.1, 0.15) is 45.4 Å². The number of benzene rings is 1. The highest BCUT2D eigenvalue weighted by atomic mass is 16.5. The van der Waals surface area contributed by atoms with Crippen molar-refractivity contribution in [3.05, 3.63) is 35.5 Å². The van der Waals surface area contributed by atoms with Crippen LogP contribution in [-0.2, 0) is 22.4 Å². The van der Waals surface area contributed by atoms with Crippen molar-refractivity contribution in [1.29, 1.82) is 0 Å². The smallest absolute Gasteiger partial charge is 0.319 e. The van der Waals surface area contributed by atoms with E-state index in [0.717, 1.165) is 67.7 Å². The number of nitrogens with zero attached hydrogens (tertiary/aromatic N) is 4. The lowest BCUT2D eigenvalue weighted by Gasteiger charge is -2.38. The third kappa shape index (κ3) is 5.33. The van der Waals surface area contributed by atoms with Crippen LogP contribution in [0.4, 0.5) is 16.3 Å². The van der Waals surface area contributed by atoms with E-state index >= 15 is 0 Å². The monoisotopic (exact) mass is 494 g/mol. The van der Waals surface area contributed by atoms with E-state index in [2.05, 4.69) is 41.2 Å². The van der Waals surface area contributed by atoms with Gasteiger partial charge < -0.3 is 25.0 Å². The maximum atomic E-state index is 11.9. The third-order valence-electron chi connectivity index (χ3n) is 7.36. The number of hydrogen-bond acceptors (Lipinski definition) is 7. The zero-order chi connectivity index (χ0) is 25.3. The first-order valence-corrected chi connectivity index (χ1v) is 13.1. The van der Waals surface area contributed by atoms with Gasteiger partial charge in [0.15, 0.2) is 5.82 Å². The number of ether oxygens (including phenoxy) is 2. The van der Waals surface area contributed by atoms with Crippen molar-refractivity contribution in [3.8, 4) is 11.4 Å². The van der Waals surface area contributed by atoms with Crippen LogP contribution >= 0.6 is 0 Å². The van der Waals surface area contributed by atoms with Gasteiger partial charge in [-0.1, -0.05) is 0 Å². The summed E-state index contributed by atoms with van der Waals surface area (Å²) in [6.45, 7) is 13.8. The molecule has 9 heteroatoms. The molecule has 2 atom stereocenters. The summed E-state index contributed by atoms with van der Waals surface area (Å²) in [6, 6.07) is 8.21. The fourth-order valence-electron chi connectivity index (χ4n) is 5.43. The maximum Gasteiger partial charge on any atom is 0.319 e. The molecule has 0 radical (unpaired) electrons. The zero-order valence-corrected chi connectivity index (χ0v) is 21.8. The molecule has 3 aliphatic heterocycles. The van der Waals surface area contributed by atoms with E-state index in [9.17, 15) is 4.79 Å². The Kier molecular flexibility index (Phi) is 7.14. The molecule has 2 amide bonds. The number of carbonyl (C=O) groups excluding carboxylic acids is 1. The number of hydrogen-bond donors (Lipinski definition) is 2. The normalized spacial score (nSPS) is 23.8. The quantitative estimate of drug-likeness (QED) is 0.658. The molecular weight excluding hydrogens is 456 g/mol. The van der Waals surface area contributed by atoms with Gasteiger partial charge in [0.05, 0.1) is 37.2 Å². The Bertz CT molecular complexity index is 1090. The molecule has 9 nitrogen and oxygen atoms in total. The molecule has 36 heavy (non-hydrogen) atoms. The number of urea groups is 1. The Morgan fingerprint density at radius 1 is 1.17 bits per heavy atom. The molecule has 1 aromatic heterocycles. The molecule has 1 unspecified atom stereocenters. The summed E-state index contributed by atoms with van der Waals surface area (Å²) in [7, 11) is 0. The Hall–Kier alpha value is -2.75. The van der Waals surface area contributed by atoms with Crippen LogP contribution in [0.15, 0.2) is 24.3 Å². The van der Waals surface area contributed by atoms with Crippen LogP contribution in [0.5, 0.6) is 0 Å². The summed E-state index contributed by atoms with van der Waals surface area (Å²) in [5, 5.41) is 5.60. The summed E-state index contributed by atoms with van der Waals surface area (Å²) >= 11 is 0. The van der Waals surface area contributed by atoms with Gasteiger partial charge in [-0.05, 0) is 64.8 Å². The molecule has 3 aliphatic rings. The predicted octanol–water partition coefficient (Wildman–Crippen LogP) is 3.44. The van der Waals surface area contributed by atoms with Gasteiger partial charge in [0.2, 0.25) is 0 Å². The van der Waals surface area contributed by atoms with Gasteiger partial charge in [-0.3, -0.25) is 4.90 Å². The Morgan fingerprint density at radius 2 is 1.97 bits per heavy atom. The van der Waals surface area contributed by atoms with Gasteiger partial charge in [-0.2, -0.15) is 0 Å². The van der Waals surface area contributed by atoms with Crippen molar-refractivity contribution >= 4 is 17.5 Å². The topological polar surface area (TPSA) is 91.9 Å². The molecule has 0 saturated carbocycles. The van der Waals surface area contributed by atoms with Crippen LogP contribution in [0.25, 0.3) is 11.4 Å². The second-order valence-electron chi connectivity index (χ2n) is 10.6. The van der Waals surface area contributed by atoms with Crippen molar-refractivity contribution in [3.63, 3.8) is 0 Å². The molecule has 0 bridgehead atoms. The summed E-state index contributed by atoms with van der Waals surface area (Å²) in [5.74, 6) is 1.76. The van der Waals surface area contributed by atoms with E-state index in [-0.39, 0.29) is 17.7 Å². The summed E-state index contributed by atoms with van der Waals surface area (Å²) in [5.41, 5.74) is 3.97. The first-order chi connectivity index (χ1) is 17.3. The molecule has 5 rings (SSSR count). The van der Waals surface area contributed by atoms with Gasteiger partial charge in [-0.15, -0.1) is 0 Å². The fraction of sp³-hybridized carbons (Fsp3) is 0.593. The van der Waals surface area contributed by atoms with Crippen molar-refractivity contribution in [1.82, 2.24) is 20.2 Å². The van der Waals surface area contributed by atoms with E-state index in [4.69, 9.17) is 19.4 Å². The number of anilines is 2. The standard InChI is InChI=1S/C27H38N6O3/c1-5-28-26(34)29-20-8-6-19(7-9-20)24-30-23-15-32(21-14-27(3,4)36-17-21)11-10-22(23)25(31-24)33-12-13-35-16-18(33)2/h6-9,18,21H,5,10-17H2,1-4H3,(H2,28,29,34)/t18-,21?/m0/s1. The van der Waals surface area contributed by atoms with Crippen molar-refractivity contribution < 1.29 is 14.3 Å². The molecule has 1 aromatic carbocycles.